The summed E-state index contributed by atoms with van der Waals surface area (Å²) < 4.78 is 13.3. The standard InChI is InChI=1S/C21H18ClFN4O/c1-13-24-19(11-20(25-13)26-16-6-7-18(23)17(22)10-16)21(28)27-9-8-14-4-2-3-5-15(14)12-27/h2-7,10-11H,8-9,12H2,1H3,(H,24,25,26). The van der Waals surface area contributed by atoms with Crippen LogP contribution in [-0.4, -0.2) is 27.3 Å². The van der Waals surface area contributed by atoms with Crippen LogP contribution in [0.1, 0.15) is 27.4 Å². The molecule has 0 aliphatic carbocycles. The van der Waals surface area contributed by atoms with Crippen LogP contribution in [0.15, 0.2) is 48.5 Å². The van der Waals surface area contributed by atoms with Crippen molar-refractivity contribution in [2.24, 2.45) is 0 Å². The van der Waals surface area contributed by atoms with Crippen LogP contribution >= 0.6 is 11.6 Å². The lowest BCUT2D eigenvalue weighted by Crippen LogP contribution is -2.36. The van der Waals surface area contributed by atoms with E-state index in [1.54, 1.807) is 24.0 Å². The number of nitrogens with one attached hydrogen (secondary N) is 1. The van der Waals surface area contributed by atoms with Crippen molar-refractivity contribution in [3.05, 3.63) is 82.0 Å². The molecule has 3 aromatic rings. The number of hydrogen-bond acceptors (Lipinski definition) is 4. The Morgan fingerprint density at radius 1 is 1.14 bits per heavy atom. The second-order valence-corrected chi connectivity index (χ2v) is 7.09. The number of anilines is 2. The first-order chi connectivity index (χ1) is 13.5. The largest absolute Gasteiger partial charge is 0.340 e. The molecule has 1 aliphatic rings. The van der Waals surface area contributed by atoms with Crippen molar-refractivity contribution < 1.29 is 9.18 Å². The van der Waals surface area contributed by atoms with Crippen LogP contribution < -0.4 is 5.32 Å². The van der Waals surface area contributed by atoms with Crippen LogP contribution in [0.5, 0.6) is 0 Å². The van der Waals surface area contributed by atoms with Crippen molar-refractivity contribution in [2.45, 2.75) is 19.9 Å². The van der Waals surface area contributed by atoms with Gasteiger partial charge >= 0.3 is 0 Å². The molecular formula is C21H18ClFN4O. The van der Waals surface area contributed by atoms with Gasteiger partial charge in [-0.25, -0.2) is 14.4 Å². The fourth-order valence-electron chi connectivity index (χ4n) is 3.29. The molecule has 0 bridgehead atoms. The van der Waals surface area contributed by atoms with Gasteiger partial charge in [0.15, 0.2) is 0 Å². The van der Waals surface area contributed by atoms with E-state index in [4.69, 9.17) is 11.6 Å². The van der Waals surface area contributed by atoms with Gasteiger partial charge in [-0.3, -0.25) is 4.79 Å². The summed E-state index contributed by atoms with van der Waals surface area (Å²) in [4.78, 5) is 23.4. The summed E-state index contributed by atoms with van der Waals surface area (Å²) in [5.74, 6) is 0.294. The lowest BCUT2D eigenvalue weighted by atomic mass is 10.00. The predicted octanol–water partition coefficient (Wildman–Crippen LogP) is 4.52. The van der Waals surface area contributed by atoms with Gasteiger partial charge in [-0.1, -0.05) is 35.9 Å². The Bertz CT molecular complexity index is 1060. The molecule has 1 aromatic heterocycles. The van der Waals surface area contributed by atoms with E-state index in [-0.39, 0.29) is 10.9 Å². The molecule has 1 aliphatic heterocycles. The molecule has 0 saturated carbocycles. The van der Waals surface area contributed by atoms with Gasteiger partial charge in [-0.2, -0.15) is 0 Å². The van der Waals surface area contributed by atoms with Crippen LogP contribution in [0.3, 0.4) is 0 Å². The van der Waals surface area contributed by atoms with Gasteiger partial charge in [0, 0.05) is 24.8 Å². The fraction of sp³-hybridized carbons (Fsp3) is 0.190. The SMILES string of the molecule is Cc1nc(Nc2ccc(F)c(Cl)c2)cc(C(=O)N2CCc3ccccc3C2)n1. The minimum atomic E-state index is -0.493. The minimum absolute atomic E-state index is 0.0130. The fourth-order valence-corrected chi connectivity index (χ4v) is 3.47. The topological polar surface area (TPSA) is 58.1 Å². The zero-order chi connectivity index (χ0) is 19.7. The third-order valence-electron chi connectivity index (χ3n) is 4.67. The Hall–Kier alpha value is -2.99. The van der Waals surface area contributed by atoms with Crippen LogP contribution in [0.4, 0.5) is 15.9 Å². The monoisotopic (exact) mass is 396 g/mol. The summed E-state index contributed by atoms with van der Waals surface area (Å²) in [5.41, 5.74) is 3.34. The zero-order valence-electron chi connectivity index (χ0n) is 15.2. The number of hydrogen-bond donors (Lipinski definition) is 1. The molecule has 142 valence electrons. The average molecular weight is 397 g/mol. The Labute approximate surface area is 167 Å². The van der Waals surface area contributed by atoms with Crippen LogP contribution in [0.25, 0.3) is 0 Å². The highest BCUT2D eigenvalue weighted by molar-refractivity contribution is 6.31. The number of carbonyl (C=O) groups excluding carboxylic acids is 1. The van der Waals surface area contributed by atoms with Gasteiger partial charge in [0.2, 0.25) is 0 Å². The highest BCUT2D eigenvalue weighted by atomic mass is 35.5. The number of aryl methyl sites for hydroxylation is 1. The van der Waals surface area contributed by atoms with E-state index in [1.807, 2.05) is 18.2 Å². The molecule has 28 heavy (non-hydrogen) atoms. The van der Waals surface area contributed by atoms with E-state index >= 15 is 0 Å². The summed E-state index contributed by atoms with van der Waals surface area (Å²) in [5, 5.41) is 3.07. The third kappa shape index (κ3) is 3.82. The third-order valence-corrected chi connectivity index (χ3v) is 4.96. The normalized spacial score (nSPS) is 13.2. The molecule has 0 atom stereocenters. The smallest absolute Gasteiger partial charge is 0.272 e. The first kappa shape index (κ1) is 18.4. The van der Waals surface area contributed by atoms with E-state index in [0.717, 1.165) is 12.0 Å². The van der Waals surface area contributed by atoms with Crippen molar-refractivity contribution >= 4 is 29.0 Å². The molecule has 0 saturated heterocycles. The molecule has 4 rings (SSSR count). The first-order valence-electron chi connectivity index (χ1n) is 8.93. The summed E-state index contributed by atoms with van der Waals surface area (Å²) in [7, 11) is 0. The van der Waals surface area contributed by atoms with E-state index in [0.29, 0.717) is 36.1 Å². The van der Waals surface area contributed by atoms with E-state index in [2.05, 4.69) is 21.4 Å². The number of rotatable bonds is 3. The van der Waals surface area contributed by atoms with E-state index in [9.17, 15) is 9.18 Å². The molecule has 0 unspecified atom stereocenters. The Morgan fingerprint density at radius 2 is 1.93 bits per heavy atom. The second-order valence-electron chi connectivity index (χ2n) is 6.68. The quantitative estimate of drug-likeness (QED) is 0.707. The predicted molar refractivity (Wildman–Crippen MR) is 106 cm³/mol. The molecule has 2 aromatic carbocycles. The highest BCUT2D eigenvalue weighted by Crippen LogP contribution is 2.24. The van der Waals surface area contributed by atoms with Crippen molar-refractivity contribution in [1.29, 1.82) is 0 Å². The van der Waals surface area contributed by atoms with E-state index in [1.165, 1.54) is 17.7 Å². The van der Waals surface area contributed by atoms with Crippen molar-refractivity contribution in [2.75, 3.05) is 11.9 Å². The summed E-state index contributed by atoms with van der Waals surface area (Å²) in [6.45, 7) is 2.94. The molecule has 0 spiro atoms. The van der Waals surface area contributed by atoms with E-state index < -0.39 is 5.82 Å². The molecule has 7 heteroatoms. The maximum Gasteiger partial charge on any atom is 0.272 e. The lowest BCUT2D eigenvalue weighted by molar-refractivity contribution is 0.0728. The van der Waals surface area contributed by atoms with Gasteiger partial charge < -0.3 is 10.2 Å². The summed E-state index contributed by atoms with van der Waals surface area (Å²) >= 11 is 5.83. The maximum atomic E-state index is 13.3. The van der Waals surface area contributed by atoms with Gasteiger partial charge in [-0.15, -0.1) is 0 Å². The van der Waals surface area contributed by atoms with Crippen LogP contribution in [0, 0.1) is 12.7 Å². The number of halogens is 2. The molecule has 5 nitrogen and oxygen atoms in total. The number of benzene rings is 2. The Kier molecular flexibility index (Phi) is 4.96. The molecule has 1 N–H and O–H groups in total. The Morgan fingerprint density at radius 3 is 2.71 bits per heavy atom. The van der Waals surface area contributed by atoms with Crippen molar-refractivity contribution in [1.82, 2.24) is 14.9 Å². The van der Waals surface area contributed by atoms with Crippen molar-refractivity contribution in [3.8, 4) is 0 Å². The summed E-state index contributed by atoms with van der Waals surface area (Å²) in [6.07, 6.45) is 0.825. The number of carbonyl (C=O) groups is 1. The second kappa shape index (κ2) is 7.56. The van der Waals surface area contributed by atoms with Gasteiger partial charge in [0.05, 0.1) is 5.02 Å². The number of amides is 1. The van der Waals surface area contributed by atoms with Crippen LogP contribution in [0.2, 0.25) is 5.02 Å². The minimum Gasteiger partial charge on any atom is -0.340 e. The Balaban J connectivity index is 1.56. The molecule has 0 fully saturated rings. The number of fused-ring (bicyclic) bond motifs is 1. The summed E-state index contributed by atoms with van der Waals surface area (Å²) in [6, 6.07) is 14.1. The van der Waals surface area contributed by atoms with Gasteiger partial charge in [-0.05, 0) is 42.7 Å². The van der Waals surface area contributed by atoms with Gasteiger partial charge in [0.1, 0.15) is 23.2 Å². The lowest BCUT2D eigenvalue weighted by Gasteiger charge is -2.28. The van der Waals surface area contributed by atoms with Crippen molar-refractivity contribution in [3.63, 3.8) is 0 Å². The first-order valence-corrected chi connectivity index (χ1v) is 9.31. The maximum absolute atomic E-state index is 13.3. The highest BCUT2D eigenvalue weighted by Gasteiger charge is 2.23. The zero-order valence-corrected chi connectivity index (χ0v) is 16.0. The number of nitrogens with zero attached hydrogens (tertiary/aromatic N) is 3. The molecular weight excluding hydrogens is 379 g/mol. The van der Waals surface area contributed by atoms with Crippen LogP contribution in [-0.2, 0) is 13.0 Å². The molecule has 2 heterocycles. The molecule has 1 amide bonds. The van der Waals surface area contributed by atoms with Gasteiger partial charge in [0.25, 0.3) is 5.91 Å². The number of aromatic nitrogens is 2. The average Bonchev–Trinajstić information content (AvgIpc) is 2.69. The molecule has 0 radical (unpaired) electrons.